The lowest BCUT2D eigenvalue weighted by Crippen LogP contribution is -2.36. The molecule has 0 radical (unpaired) electrons. The molecule has 0 aromatic carbocycles. The Balaban J connectivity index is 0.000000186. The summed E-state index contributed by atoms with van der Waals surface area (Å²) >= 11 is 0. The van der Waals surface area contributed by atoms with Gasteiger partial charge in [-0.1, -0.05) is 0 Å². The molecule has 182 valence electrons. The van der Waals surface area contributed by atoms with Crippen LogP contribution in [0.4, 0.5) is 5.82 Å². The number of hydrogen-bond donors (Lipinski definition) is 7. The van der Waals surface area contributed by atoms with Gasteiger partial charge in [-0.05, 0) is 6.07 Å². The van der Waals surface area contributed by atoms with Gasteiger partial charge < -0.3 is 40.7 Å². The summed E-state index contributed by atoms with van der Waals surface area (Å²) in [6.45, 7) is -0.762. The Hall–Kier alpha value is -2.92. The predicted octanol–water partition coefficient (Wildman–Crippen LogP) is -4.39. The van der Waals surface area contributed by atoms with Gasteiger partial charge in [-0.15, -0.1) is 0 Å². The summed E-state index contributed by atoms with van der Waals surface area (Å²) in [5.41, 5.74) is 3.55. The van der Waals surface area contributed by atoms with E-state index in [4.69, 9.17) is 25.4 Å². The first-order valence-corrected chi connectivity index (χ1v) is 9.89. The monoisotopic (exact) mass is 471 g/mol. The fraction of sp³-hybridized carbons (Fsp3) is 0.556. The molecule has 2 aliphatic heterocycles. The molecule has 15 nitrogen and oxygen atoms in total. The van der Waals surface area contributed by atoms with Gasteiger partial charge in [0.25, 0.3) is 5.56 Å². The van der Waals surface area contributed by atoms with Crippen molar-refractivity contribution >= 4 is 5.82 Å². The number of anilines is 1. The molecule has 0 aliphatic carbocycles. The van der Waals surface area contributed by atoms with Crippen molar-refractivity contribution in [1.29, 1.82) is 0 Å². The summed E-state index contributed by atoms with van der Waals surface area (Å²) in [5, 5.41) is 46.5. The molecule has 2 aromatic heterocycles. The van der Waals surface area contributed by atoms with E-state index in [0.717, 1.165) is 4.57 Å². The van der Waals surface area contributed by atoms with Crippen molar-refractivity contribution in [2.24, 2.45) is 0 Å². The highest BCUT2D eigenvalue weighted by molar-refractivity contribution is 5.23. The number of nitrogen functional groups attached to an aromatic ring is 1. The van der Waals surface area contributed by atoms with Gasteiger partial charge in [-0.2, -0.15) is 4.98 Å². The Morgan fingerprint density at radius 3 is 2.21 bits per heavy atom. The first-order chi connectivity index (χ1) is 15.7. The molecule has 7 atom stereocenters. The Labute approximate surface area is 184 Å². The molecule has 15 heteroatoms. The van der Waals surface area contributed by atoms with E-state index in [1.807, 2.05) is 0 Å². The minimum Gasteiger partial charge on any atom is -0.394 e. The molecule has 4 rings (SSSR count). The fourth-order valence-corrected chi connectivity index (χ4v) is 3.43. The minimum absolute atomic E-state index is 0.0537. The molecule has 33 heavy (non-hydrogen) atoms. The van der Waals surface area contributed by atoms with Gasteiger partial charge in [0.2, 0.25) is 0 Å². The van der Waals surface area contributed by atoms with E-state index in [0.29, 0.717) is 0 Å². The number of rotatable bonds is 4. The van der Waals surface area contributed by atoms with E-state index in [2.05, 4.69) is 9.97 Å². The molecule has 0 amide bonds. The van der Waals surface area contributed by atoms with E-state index in [-0.39, 0.29) is 18.8 Å². The number of nitrogens with one attached hydrogen (secondary N) is 1. The zero-order valence-electron chi connectivity index (χ0n) is 17.2. The van der Waals surface area contributed by atoms with Crippen LogP contribution >= 0.6 is 0 Å². The zero-order valence-corrected chi connectivity index (χ0v) is 17.2. The maximum atomic E-state index is 11.5. The van der Waals surface area contributed by atoms with Gasteiger partial charge >= 0.3 is 11.4 Å². The lowest BCUT2D eigenvalue weighted by Gasteiger charge is -2.16. The lowest BCUT2D eigenvalue weighted by atomic mass is 10.1. The topological polar surface area (TPSA) is 235 Å². The third-order valence-corrected chi connectivity index (χ3v) is 5.19. The summed E-state index contributed by atoms with van der Waals surface area (Å²) in [4.78, 5) is 39.3. The standard InChI is InChI=1S/C9H13N3O5.C9H12N2O5/c10-5-1-2-12(9(16)11-5)8-7(15)6(14)4(3-13)17-8;12-4-6-5(13)3-8(16-6)11-2-1-7(14)10-9(11)15/h1-2,4,6-8,13-15H,3H2,(H2,10,11,16);1-2,5-6,8,12-13H,3-4H2,(H,10,14,15)/t4-,6-,7-,8-;5-,6+,8+/m10/s1. The minimum atomic E-state index is -1.31. The second-order valence-electron chi connectivity index (χ2n) is 7.40. The van der Waals surface area contributed by atoms with E-state index in [1.54, 1.807) is 0 Å². The van der Waals surface area contributed by atoms with Crippen LogP contribution in [0, 0.1) is 0 Å². The van der Waals surface area contributed by atoms with Crippen molar-refractivity contribution in [2.45, 2.75) is 49.4 Å². The van der Waals surface area contributed by atoms with E-state index in [9.17, 15) is 29.7 Å². The molecule has 2 aromatic rings. The summed E-state index contributed by atoms with van der Waals surface area (Å²) in [7, 11) is 0. The van der Waals surface area contributed by atoms with Crippen LogP contribution in [0.5, 0.6) is 0 Å². The van der Waals surface area contributed by atoms with Gasteiger partial charge in [0.1, 0.15) is 36.5 Å². The van der Waals surface area contributed by atoms with Crippen LogP contribution in [0.25, 0.3) is 0 Å². The summed E-state index contributed by atoms with van der Waals surface area (Å²) in [5.74, 6) is 0.0537. The average Bonchev–Trinajstić information content (AvgIpc) is 3.28. The number of nitrogens with two attached hydrogens (primary N) is 1. The van der Waals surface area contributed by atoms with Crippen LogP contribution in [0.15, 0.2) is 38.9 Å². The first kappa shape index (κ1) is 24.7. The summed E-state index contributed by atoms with van der Waals surface area (Å²) < 4.78 is 12.6. The van der Waals surface area contributed by atoms with E-state index >= 15 is 0 Å². The van der Waals surface area contributed by atoms with Crippen molar-refractivity contribution < 1.29 is 35.0 Å². The second kappa shape index (κ2) is 10.3. The predicted molar refractivity (Wildman–Crippen MR) is 109 cm³/mol. The third-order valence-electron chi connectivity index (χ3n) is 5.19. The maximum absolute atomic E-state index is 11.5. The Morgan fingerprint density at radius 1 is 1.00 bits per heavy atom. The van der Waals surface area contributed by atoms with Crippen molar-refractivity contribution in [2.75, 3.05) is 18.9 Å². The van der Waals surface area contributed by atoms with E-state index in [1.165, 1.54) is 29.1 Å². The normalized spacial score (nSPS) is 31.2. The molecule has 8 N–H and O–H groups in total. The number of aliphatic hydroxyl groups excluding tert-OH is 5. The third kappa shape index (κ3) is 5.36. The number of hydrogen-bond acceptors (Lipinski definition) is 12. The fourth-order valence-electron chi connectivity index (χ4n) is 3.43. The quantitative estimate of drug-likeness (QED) is 0.224. The van der Waals surface area contributed by atoms with Gasteiger partial charge in [-0.3, -0.25) is 18.9 Å². The molecule has 0 bridgehead atoms. The van der Waals surface area contributed by atoms with Crippen LogP contribution in [0.1, 0.15) is 18.9 Å². The zero-order chi connectivity index (χ0) is 24.3. The maximum Gasteiger partial charge on any atom is 0.351 e. The SMILES string of the molecule is Nc1ccn([C@@H]2O[C@H](CO)[C@@H](O)[C@H]2O)c(=O)n1.O=c1ccn([C@H]2C[C@H](O)[C@@H](CO)O2)c(=O)[nH]1. The Morgan fingerprint density at radius 2 is 1.67 bits per heavy atom. The molecule has 0 spiro atoms. The lowest BCUT2D eigenvalue weighted by molar-refractivity contribution is -0.0549. The second-order valence-corrected chi connectivity index (χ2v) is 7.40. The molecule has 4 heterocycles. The number of aromatic amines is 1. The number of aliphatic hydroxyl groups is 5. The molecule has 2 saturated heterocycles. The summed E-state index contributed by atoms with van der Waals surface area (Å²) in [6, 6.07) is 2.57. The van der Waals surface area contributed by atoms with Gasteiger partial charge in [-0.25, -0.2) is 9.59 Å². The molecular weight excluding hydrogens is 446 g/mol. The van der Waals surface area contributed by atoms with Gasteiger partial charge in [0.05, 0.1) is 19.3 Å². The Bertz CT molecular complexity index is 1120. The highest BCUT2D eigenvalue weighted by Crippen LogP contribution is 2.28. The van der Waals surface area contributed by atoms with Crippen LogP contribution in [0.2, 0.25) is 0 Å². The van der Waals surface area contributed by atoms with Crippen LogP contribution in [-0.4, -0.2) is 88.4 Å². The molecule has 0 unspecified atom stereocenters. The molecule has 2 aliphatic rings. The van der Waals surface area contributed by atoms with Crippen molar-refractivity contribution in [3.8, 4) is 0 Å². The van der Waals surface area contributed by atoms with Crippen LogP contribution in [-0.2, 0) is 9.47 Å². The highest BCUT2D eigenvalue weighted by Gasteiger charge is 2.43. The number of aromatic nitrogens is 4. The molecule has 0 saturated carbocycles. The van der Waals surface area contributed by atoms with Crippen molar-refractivity contribution in [3.63, 3.8) is 0 Å². The van der Waals surface area contributed by atoms with E-state index < -0.39 is 66.5 Å². The summed E-state index contributed by atoms with van der Waals surface area (Å²) in [6.07, 6.45) is -3.92. The van der Waals surface area contributed by atoms with Crippen molar-refractivity contribution in [3.05, 3.63) is 55.8 Å². The smallest absolute Gasteiger partial charge is 0.351 e. The largest absolute Gasteiger partial charge is 0.394 e. The van der Waals surface area contributed by atoms with Crippen LogP contribution in [0.3, 0.4) is 0 Å². The van der Waals surface area contributed by atoms with Crippen molar-refractivity contribution in [1.82, 2.24) is 19.1 Å². The van der Waals surface area contributed by atoms with Gasteiger partial charge in [0, 0.05) is 24.9 Å². The number of H-pyrrole nitrogens is 1. The highest BCUT2D eigenvalue weighted by atomic mass is 16.6. The molecular formula is C18H25N5O10. The number of nitrogens with zero attached hydrogens (tertiary/aromatic N) is 3. The number of ether oxygens (including phenoxy) is 2. The van der Waals surface area contributed by atoms with Gasteiger partial charge in [0.15, 0.2) is 6.23 Å². The average molecular weight is 471 g/mol. The first-order valence-electron chi connectivity index (χ1n) is 9.89. The van der Waals surface area contributed by atoms with Crippen LogP contribution < -0.4 is 22.7 Å². The Kier molecular flexibility index (Phi) is 7.75. The molecule has 2 fully saturated rings.